The minimum absolute atomic E-state index is 0.130. The van der Waals surface area contributed by atoms with Gasteiger partial charge in [0.25, 0.3) is 5.91 Å². The molecule has 1 aromatic carbocycles. The number of hydrogen-bond acceptors (Lipinski definition) is 4. The molecule has 0 heterocycles. The molecule has 2 atom stereocenters. The molecule has 1 aromatic rings. The lowest BCUT2D eigenvalue weighted by atomic mass is 10.2. The highest BCUT2D eigenvalue weighted by Crippen LogP contribution is 2.13. The fraction of sp³-hybridized carbons (Fsp3) is 0.267. The van der Waals surface area contributed by atoms with Crippen molar-refractivity contribution < 1.29 is 19.4 Å². The molecule has 6 heteroatoms. The van der Waals surface area contributed by atoms with Gasteiger partial charge in [0, 0.05) is 0 Å². The van der Waals surface area contributed by atoms with E-state index in [4.69, 9.17) is 15.1 Å². The van der Waals surface area contributed by atoms with E-state index in [1.165, 1.54) is 13.0 Å². The quantitative estimate of drug-likeness (QED) is 0.740. The number of hydrogen-bond donors (Lipinski definition) is 2. The highest BCUT2D eigenvalue weighted by molar-refractivity contribution is 5.86. The van der Waals surface area contributed by atoms with Gasteiger partial charge in [-0.3, -0.25) is 4.79 Å². The summed E-state index contributed by atoms with van der Waals surface area (Å²) in [6.45, 7) is 4.96. The Morgan fingerprint density at radius 3 is 2.57 bits per heavy atom. The molecule has 2 unspecified atom stereocenters. The smallest absolute Gasteiger partial charge is 0.326 e. The highest BCUT2D eigenvalue weighted by atomic mass is 16.5. The summed E-state index contributed by atoms with van der Waals surface area (Å²) >= 11 is 0. The summed E-state index contributed by atoms with van der Waals surface area (Å²) in [6, 6.07) is 7.22. The molecule has 21 heavy (non-hydrogen) atoms. The van der Waals surface area contributed by atoms with Crippen molar-refractivity contribution >= 4 is 11.9 Å². The molecule has 2 N–H and O–H groups in total. The zero-order valence-corrected chi connectivity index (χ0v) is 11.6. The second-order valence-electron chi connectivity index (χ2n) is 4.32. The number of amides is 1. The fourth-order valence-electron chi connectivity index (χ4n) is 1.54. The van der Waals surface area contributed by atoms with Crippen molar-refractivity contribution in [3.63, 3.8) is 0 Å². The summed E-state index contributed by atoms with van der Waals surface area (Å²) in [5, 5.41) is 20.0. The van der Waals surface area contributed by atoms with Gasteiger partial charge in [-0.05, 0) is 37.6 Å². The molecule has 6 nitrogen and oxygen atoms in total. The Kier molecular flexibility index (Phi) is 5.96. The summed E-state index contributed by atoms with van der Waals surface area (Å²) in [4.78, 5) is 22.8. The lowest BCUT2D eigenvalue weighted by Gasteiger charge is -2.18. The third kappa shape index (κ3) is 4.99. The van der Waals surface area contributed by atoms with Gasteiger partial charge in [0.1, 0.15) is 11.8 Å². The van der Waals surface area contributed by atoms with E-state index in [2.05, 4.69) is 11.9 Å². The van der Waals surface area contributed by atoms with Crippen LogP contribution in [-0.4, -0.2) is 29.1 Å². The molecule has 0 radical (unpaired) electrons. The first-order chi connectivity index (χ1) is 9.97. The largest absolute Gasteiger partial charge is 0.481 e. The first-order valence-electron chi connectivity index (χ1n) is 6.28. The minimum Gasteiger partial charge on any atom is -0.481 e. The number of rotatable bonds is 7. The van der Waals surface area contributed by atoms with E-state index in [9.17, 15) is 9.59 Å². The fourth-order valence-corrected chi connectivity index (χ4v) is 1.54. The number of carbonyl (C=O) groups excluding carboxylic acids is 1. The maximum Gasteiger partial charge on any atom is 0.326 e. The van der Waals surface area contributed by atoms with Crippen LogP contribution < -0.4 is 10.1 Å². The number of benzene rings is 1. The maximum atomic E-state index is 11.9. The molecule has 0 aliphatic rings. The van der Waals surface area contributed by atoms with E-state index in [-0.39, 0.29) is 6.42 Å². The molecule has 0 fully saturated rings. The molecule has 0 aliphatic carbocycles. The number of nitriles is 1. The van der Waals surface area contributed by atoms with Crippen molar-refractivity contribution in [3.05, 3.63) is 42.5 Å². The summed E-state index contributed by atoms with van der Waals surface area (Å²) in [6.07, 6.45) is 0.695. The number of carboxylic acid groups (broad SMARTS) is 1. The van der Waals surface area contributed by atoms with E-state index in [1.807, 2.05) is 6.07 Å². The van der Waals surface area contributed by atoms with Crippen LogP contribution in [0.2, 0.25) is 0 Å². The predicted octanol–water partition coefficient (Wildman–Crippen LogP) is 1.47. The number of aliphatic carboxylic acids is 1. The summed E-state index contributed by atoms with van der Waals surface area (Å²) < 4.78 is 5.39. The summed E-state index contributed by atoms with van der Waals surface area (Å²) in [7, 11) is 0. The third-order valence-corrected chi connectivity index (χ3v) is 2.68. The van der Waals surface area contributed by atoms with Gasteiger partial charge in [0.15, 0.2) is 6.10 Å². The van der Waals surface area contributed by atoms with Crippen molar-refractivity contribution in [2.45, 2.75) is 25.5 Å². The lowest BCUT2D eigenvalue weighted by Crippen LogP contribution is -2.46. The zero-order valence-electron chi connectivity index (χ0n) is 11.6. The topological polar surface area (TPSA) is 99.4 Å². The molecular weight excluding hydrogens is 272 g/mol. The predicted molar refractivity (Wildman–Crippen MR) is 75.6 cm³/mol. The van der Waals surface area contributed by atoms with E-state index in [1.54, 1.807) is 24.3 Å². The number of nitrogens with zero attached hydrogens (tertiary/aromatic N) is 1. The van der Waals surface area contributed by atoms with Gasteiger partial charge >= 0.3 is 5.97 Å². The van der Waals surface area contributed by atoms with Crippen LogP contribution in [0.3, 0.4) is 0 Å². The monoisotopic (exact) mass is 288 g/mol. The van der Waals surface area contributed by atoms with Gasteiger partial charge in [-0.25, -0.2) is 4.79 Å². The number of nitrogens with one attached hydrogen (secondary N) is 1. The second kappa shape index (κ2) is 7.70. The Morgan fingerprint density at radius 2 is 2.10 bits per heavy atom. The van der Waals surface area contributed by atoms with Crippen LogP contribution in [0.5, 0.6) is 5.75 Å². The average molecular weight is 288 g/mol. The van der Waals surface area contributed by atoms with Crippen LogP contribution in [-0.2, 0) is 9.59 Å². The van der Waals surface area contributed by atoms with Crippen LogP contribution in [0.15, 0.2) is 36.9 Å². The Balaban J connectivity index is 2.63. The van der Waals surface area contributed by atoms with E-state index in [0.717, 1.165) is 0 Å². The number of carboxylic acids is 1. The molecule has 0 aliphatic heterocycles. The Labute approximate surface area is 122 Å². The van der Waals surface area contributed by atoms with Crippen LogP contribution in [0, 0.1) is 11.3 Å². The number of carbonyl (C=O) groups is 2. The van der Waals surface area contributed by atoms with Gasteiger partial charge in [0.05, 0.1) is 11.6 Å². The van der Waals surface area contributed by atoms with Crippen molar-refractivity contribution in [3.8, 4) is 11.8 Å². The van der Waals surface area contributed by atoms with Crippen molar-refractivity contribution in [1.29, 1.82) is 5.26 Å². The van der Waals surface area contributed by atoms with Crippen LogP contribution >= 0.6 is 0 Å². The summed E-state index contributed by atoms with van der Waals surface area (Å²) in [5.74, 6) is -1.24. The van der Waals surface area contributed by atoms with Crippen LogP contribution in [0.1, 0.15) is 18.9 Å². The molecule has 1 rings (SSSR count). The molecule has 0 saturated heterocycles. The SMILES string of the molecule is C=CCC(NC(=O)C(C)Oc1ccc(C#N)cc1)C(=O)O. The molecular formula is C15H16N2O4. The Bertz CT molecular complexity index is 560. The van der Waals surface area contributed by atoms with Crippen LogP contribution in [0.4, 0.5) is 0 Å². The molecule has 0 aromatic heterocycles. The van der Waals surface area contributed by atoms with E-state index < -0.39 is 24.0 Å². The first kappa shape index (κ1) is 16.2. The molecule has 1 amide bonds. The van der Waals surface area contributed by atoms with Gasteiger partial charge in [-0.2, -0.15) is 5.26 Å². The molecule has 0 spiro atoms. The Hall–Kier alpha value is -2.81. The highest BCUT2D eigenvalue weighted by Gasteiger charge is 2.22. The standard InChI is InChI=1S/C15H16N2O4/c1-3-4-13(15(19)20)17-14(18)10(2)21-12-7-5-11(9-16)6-8-12/h3,5-8,10,13H,1,4H2,2H3,(H,17,18)(H,19,20). The second-order valence-corrected chi connectivity index (χ2v) is 4.32. The molecule has 0 bridgehead atoms. The first-order valence-corrected chi connectivity index (χ1v) is 6.28. The lowest BCUT2D eigenvalue weighted by molar-refractivity contribution is -0.142. The van der Waals surface area contributed by atoms with Crippen molar-refractivity contribution in [2.75, 3.05) is 0 Å². The van der Waals surface area contributed by atoms with Gasteiger partial charge in [0.2, 0.25) is 0 Å². The summed E-state index contributed by atoms with van der Waals surface area (Å²) in [5.41, 5.74) is 0.483. The normalized spacial score (nSPS) is 12.6. The van der Waals surface area contributed by atoms with Gasteiger partial charge in [-0.15, -0.1) is 6.58 Å². The Morgan fingerprint density at radius 1 is 1.48 bits per heavy atom. The maximum absolute atomic E-state index is 11.9. The zero-order chi connectivity index (χ0) is 15.8. The molecule has 0 saturated carbocycles. The van der Waals surface area contributed by atoms with Crippen molar-refractivity contribution in [2.24, 2.45) is 0 Å². The van der Waals surface area contributed by atoms with Crippen LogP contribution in [0.25, 0.3) is 0 Å². The van der Waals surface area contributed by atoms with Crippen molar-refractivity contribution in [1.82, 2.24) is 5.32 Å². The van der Waals surface area contributed by atoms with E-state index >= 15 is 0 Å². The number of ether oxygens (including phenoxy) is 1. The van der Waals surface area contributed by atoms with E-state index in [0.29, 0.717) is 11.3 Å². The average Bonchev–Trinajstić information content (AvgIpc) is 2.47. The van der Waals surface area contributed by atoms with Gasteiger partial charge < -0.3 is 15.2 Å². The van der Waals surface area contributed by atoms with Gasteiger partial charge in [-0.1, -0.05) is 6.08 Å². The minimum atomic E-state index is -1.13. The third-order valence-electron chi connectivity index (χ3n) is 2.68. The molecule has 110 valence electrons.